The second-order valence-electron chi connectivity index (χ2n) is 3.91. The zero-order valence-electron chi connectivity index (χ0n) is 9.69. The van der Waals surface area contributed by atoms with Crippen LogP contribution in [0.2, 0.25) is 0 Å². The lowest BCUT2D eigenvalue weighted by Crippen LogP contribution is -2.06. The summed E-state index contributed by atoms with van der Waals surface area (Å²) in [4.78, 5) is 14.5. The fourth-order valence-electron chi connectivity index (χ4n) is 1.64. The van der Waals surface area contributed by atoms with Gasteiger partial charge in [-0.25, -0.2) is 4.79 Å². The number of phenolic OH excluding ortho intramolecular Hbond substituents is 1. The Balaban J connectivity index is 2.19. The molecule has 0 radical (unpaired) electrons. The molecule has 1 heterocycles. The van der Waals surface area contributed by atoms with Crippen LogP contribution in [0.5, 0.6) is 5.75 Å². The Hall–Kier alpha value is -1.97. The van der Waals surface area contributed by atoms with Crippen molar-refractivity contribution >= 4 is 16.9 Å². The highest BCUT2D eigenvalue weighted by molar-refractivity contribution is 5.96. The first-order chi connectivity index (χ1) is 8.22. The smallest absolute Gasteiger partial charge is 0.354 e. The van der Waals surface area contributed by atoms with Gasteiger partial charge < -0.3 is 14.8 Å². The van der Waals surface area contributed by atoms with Crippen LogP contribution in [0.4, 0.5) is 0 Å². The summed E-state index contributed by atoms with van der Waals surface area (Å²) in [5, 5.41) is 10.4. The lowest BCUT2D eigenvalue weighted by Gasteiger charge is -2.00. The quantitative estimate of drug-likeness (QED) is 0.630. The fraction of sp³-hybridized carbons (Fsp3) is 0.308. The van der Waals surface area contributed by atoms with Gasteiger partial charge in [-0.2, -0.15) is 0 Å². The average Bonchev–Trinajstić information content (AvgIpc) is 2.75. The number of ether oxygens (including phenoxy) is 1. The third kappa shape index (κ3) is 2.41. The Morgan fingerprint density at radius 2 is 2.29 bits per heavy atom. The normalized spacial score (nSPS) is 10.6. The van der Waals surface area contributed by atoms with Crippen LogP contribution in [0, 0.1) is 0 Å². The predicted molar refractivity (Wildman–Crippen MR) is 65.2 cm³/mol. The van der Waals surface area contributed by atoms with Crippen molar-refractivity contribution in [2.45, 2.75) is 19.8 Å². The van der Waals surface area contributed by atoms with Crippen LogP contribution in [0.25, 0.3) is 10.9 Å². The number of hydrogen-bond donors (Lipinski definition) is 2. The highest BCUT2D eigenvalue weighted by atomic mass is 16.5. The van der Waals surface area contributed by atoms with Gasteiger partial charge in [0.05, 0.1) is 12.1 Å². The summed E-state index contributed by atoms with van der Waals surface area (Å²) in [5.41, 5.74) is 0.938. The van der Waals surface area contributed by atoms with Crippen molar-refractivity contribution in [1.29, 1.82) is 0 Å². The number of esters is 1. The Morgan fingerprint density at radius 3 is 3.00 bits per heavy atom. The van der Waals surface area contributed by atoms with E-state index < -0.39 is 0 Å². The van der Waals surface area contributed by atoms with E-state index in [1.165, 1.54) is 0 Å². The van der Waals surface area contributed by atoms with Gasteiger partial charge in [-0.1, -0.05) is 25.5 Å². The van der Waals surface area contributed by atoms with Gasteiger partial charge >= 0.3 is 5.97 Å². The minimum atomic E-state index is -0.381. The molecule has 0 spiro atoms. The number of carbonyl (C=O) groups excluding carboxylic acids is 1. The van der Waals surface area contributed by atoms with Crippen molar-refractivity contribution in [3.63, 3.8) is 0 Å². The first kappa shape index (κ1) is 11.5. The van der Waals surface area contributed by atoms with Gasteiger partial charge in [0.1, 0.15) is 11.4 Å². The molecule has 0 aliphatic carbocycles. The highest BCUT2D eigenvalue weighted by Gasteiger charge is 2.12. The van der Waals surface area contributed by atoms with Gasteiger partial charge in [0.2, 0.25) is 0 Å². The number of aromatic nitrogens is 1. The molecule has 4 nitrogen and oxygen atoms in total. The number of hydrogen-bond acceptors (Lipinski definition) is 3. The van der Waals surface area contributed by atoms with Gasteiger partial charge in [0.25, 0.3) is 0 Å². The number of aromatic hydroxyl groups is 1. The fourth-order valence-corrected chi connectivity index (χ4v) is 1.64. The SMILES string of the molecule is CCCCOC(=O)c1cc2cccc(O)c2[nH]1. The van der Waals surface area contributed by atoms with Crippen LogP contribution in [0.1, 0.15) is 30.3 Å². The molecule has 0 saturated carbocycles. The van der Waals surface area contributed by atoms with Crippen molar-refractivity contribution in [3.05, 3.63) is 30.0 Å². The third-order valence-corrected chi connectivity index (χ3v) is 2.59. The summed E-state index contributed by atoms with van der Waals surface area (Å²) in [6.07, 6.45) is 1.85. The number of aromatic amines is 1. The molecule has 2 N–H and O–H groups in total. The van der Waals surface area contributed by atoms with E-state index in [-0.39, 0.29) is 11.7 Å². The first-order valence-corrected chi connectivity index (χ1v) is 5.70. The zero-order chi connectivity index (χ0) is 12.3. The van der Waals surface area contributed by atoms with Crippen molar-refractivity contribution in [2.75, 3.05) is 6.61 Å². The van der Waals surface area contributed by atoms with Gasteiger partial charge in [0, 0.05) is 5.39 Å². The lowest BCUT2D eigenvalue weighted by molar-refractivity contribution is 0.0494. The number of phenols is 1. The zero-order valence-corrected chi connectivity index (χ0v) is 9.69. The molecule has 0 aliphatic rings. The molecule has 1 aromatic heterocycles. The van der Waals surface area contributed by atoms with Crippen LogP contribution < -0.4 is 0 Å². The minimum Gasteiger partial charge on any atom is -0.506 e. The Labute approximate surface area is 99.2 Å². The van der Waals surface area contributed by atoms with Crippen LogP contribution in [0.15, 0.2) is 24.3 Å². The van der Waals surface area contributed by atoms with Crippen molar-refractivity contribution in [2.24, 2.45) is 0 Å². The standard InChI is InChI=1S/C13H15NO3/c1-2-3-7-17-13(16)10-8-9-5-4-6-11(15)12(9)14-10/h4-6,8,14-15H,2-3,7H2,1H3. The molecule has 17 heavy (non-hydrogen) atoms. The van der Waals surface area contributed by atoms with E-state index in [0.717, 1.165) is 18.2 Å². The Bertz CT molecular complexity index is 530. The maximum Gasteiger partial charge on any atom is 0.354 e. The lowest BCUT2D eigenvalue weighted by atomic mass is 10.2. The molecule has 90 valence electrons. The summed E-state index contributed by atoms with van der Waals surface area (Å²) in [7, 11) is 0. The molecule has 0 amide bonds. The molecular formula is C13H15NO3. The Kier molecular flexibility index (Phi) is 3.32. The third-order valence-electron chi connectivity index (χ3n) is 2.59. The monoisotopic (exact) mass is 233 g/mol. The van der Waals surface area contributed by atoms with E-state index >= 15 is 0 Å². The van der Waals surface area contributed by atoms with Crippen molar-refractivity contribution in [3.8, 4) is 5.75 Å². The predicted octanol–water partition coefficient (Wildman–Crippen LogP) is 2.83. The minimum absolute atomic E-state index is 0.134. The summed E-state index contributed by atoms with van der Waals surface area (Å²) >= 11 is 0. The summed E-state index contributed by atoms with van der Waals surface area (Å²) in [5.74, 6) is -0.246. The van der Waals surface area contributed by atoms with E-state index in [9.17, 15) is 9.90 Å². The second-order valence-corrected chi connectivity index (χ2v) is 3.91. The Morgan fingerprint density at radius 1 is 1.47 bits per heavy atom. The van der Waals surface area contributed by atoms with E-state index in [0.29, 0.717) is 17.8 Å². The molecule has 2 aromatic rings. The largest absolute Gasteiger partial charge is 0.506 e. The highest BCUT2D eigenvalue weighted by Crippen LogP contribution is 2.24. The van der Waals surface area contributed by atoms with E-state index in [1.807, 2.05) is 13.0 Å². The molecule has 0 atom stereocenters. The number of nitrogens with one attached hydrogen (secondary N) is 1. The molecule has 2 rings (SSSR count). The van der Waals surface area contributed by atoms with E-state index in [1.54, 1.807) is 18.2 Å². The number of H-pyrrole nitrogens is 1. The molecule has 0 aliphatic heterocycles. The topological polar surface area (TPSA) is 62.3 Å². The van der Waals surface area contributed by atoms with Crippen LogP contribution in [-0.4, -0.2) is 22.7 Å². The van der Waals surface area contributed by atoms with Crippen molar-refractivity contribution < 1.29 is 14.6 Å². The molecule has 1 aromatic carbocycles. The van der Waals surface area contributed by atoms with Crippen LogP contribution >= 0.6 is 0 Å². The average molecular weight is 233 g/mol. The first-order valence-electron chi connectivity index (χ1n) is 5.70. The molecular weight excluding hydrogens is 218 g/mol. The number of unbranched alkanes of at least 4 members (excludes halogenated alkanes) is 1. The number of rotatable bonds is 4. The number of carbonyl (C=O) groups is 1. The van der Waals surface area contributed by atoms with Gasteiger partial charge in [-0.3, -0.25) is 0 Å². The van der Waals surface area contributed by atoms with Crippen molar-refractivity contribution in [1.82, 2.24) is 4.98 Å². The maximum absolute atomic E-state index is 11.7. The van der Waals surface area contributed by atoms with Crippen LogP contribution in [0.3, 0.4) is 0 Å². The maximum atomic E-state index is 11.7. The van der Waals surface area contributed by atoms with Gasteiger partial charge in [0.15, 0.2) is 0 Å². The molecule has 0 bridgehead atoms. The number of para-hydroxylation sites is 1. The summed E-state index contributed by atoms with van der Waals surface area (Å²) in [6, 6.07) is 6.82. The second kappa shape index (κ2) is 4.91. The molecule has 0 unspecified atom stereocenters. The summed E-state index contributed by atoms with van der Waals surface area (Å²) < 4.78 is 5.09. The van der Waals surface area contributed by atoms with E-state index in [2.05, 4.69) is 4.98 Å². The number of fused-ring (bicyclic) bond motifs is 1. The van der Waals surface area contributed by atoms with E-state index in [4.69, 9.17) is 4.74 Å². The molecule has 0 saturated heterocycles. The molecule has 4 heteroatoms. The van der Waals surface area contributed by atoms with Crippen LogP contribution in [-0.2, 0) is 4.74 Å². The van der Waals surface area contributed by atoms with Gasteiger partial charge in [-0.05, 0) is 18.6 Å². The van der Waals surface area contributed by atoms with Gasteiger partial charge in [-0.15, -0.1) is 0 Å². The molecule has 0 fully saturated rings. The summed E-state index contributed by atoms with van der Waals surface area (Å²) in [6.45, 7) is 2.46. The number of benzene rings is 1.